The molecule has 0 bridgehead atoms. The van der Waals surface area contributed by atoms with E-state index in [0.717, 1.165) is 9.88 Å². The van der Waals surface area contributed by atoms with E-state index >= 15 is 0 Å². The Labute approximate surface area is 175 Å². The lowest BCUT2D eigenvalue weighted by atomic mass is 10.1. The van der Waals surface area contributed by atoms with E-state index in [1.807, 2.05) is 22.9 Å². The van der Waals surface area contributed by atoms with Gasteiger partial charge in [0.25, 0.3) is 0 Å². The fourth-order valence-corrected chi connectivity index (χ4v) is 4.53. The van der Waals surface area contributed by atoms with Crippen LogP contribution in [0, 0.1) is 13.8 Å². The molecule has 7 nitrogen and oxygen atoms in total. The average molecular weight is 433 g/mol. The van der Waals surface area contributed by atoms with E-state index in [1.165, 1.54) is 11.3 Å². The van der Waals surface area contributed by atoms with Crippen LogP contribution in [-0.2, 0) is 20.7 Å². The highest BCUT2D eigenvalue weighted by molar-refractivity contribution is 7.20. The second-order valence-electron chi connectivity index (χ2n) is 6.23. The summed E-state index contributed by atoms with van der Waals surface area (Å²) in [5, 5.41) is 4.63. The Bertz CT molecular complexity index is 1030. The van der Waals surface area contributed by atoms with Crippen LogP contribution in [-0.4, -0.2) is 40.9 Å². The Balaban J connectivity index is 1.59. The molecule has 0 aliphatic rings. The Hall–Kier alpha value is -2.78. The maximum atomic E-state index is 12.5. The lowest BCUT2D eigenvalue weighted by molar-refractivity contribution is -0.141. The first-order valence-corrected chi connectivity index (χ1v) is 10.7. The molecule has 0 fully saturated rings. The zero-order valence-electron chi connectivity index (χ0n) is 16.2. The lowest BCUT2D eigenvalue weighted by Gasteiger charge is -2.05. The number of hydrogen-bond donors (Lipinski definition) is 1. The summed E-state index contributed by atoms with van der Waals surface area (Å²) in [6, 6.07) is 3.91. The number of esters is 2. The molecule has 0 radical (unpaired) electrons. The first-order chi connectivity index (χ1) is 13.9. The molecule has 0 aliphatic carbocycles. The predicted octanol–water partition coefficient (Wildman–Crippen LogP) is 3.96. The van der Waals surface area contributed by atoms with Gasteiger partial charge in [-0.1, -0.05) is 6.07 Å². The number of thiazole rings is 1. The summed E-state index contributed by atoms with van der Waals surface area (Å²) in [7, 11) is 0. The van der Waals surface area contributed by atoms with Crippen LogP contribution in [0.25, 0.3) is 9.88 Å². The summed E-state index contributed by atoms with van der Waals surface area (Å²) in [6.45, 7) is 4.89. The van der Waals surface area contributed by atoms with Gasteiger partial charge in [0.05, 0.1) is 23.6 Å². The molecular formula is C20H20N2O5S2. The molecule has 0 unspecified atom stereocenters. The molecule has 3 aromatic heterocycles. The van der Waals surface area contributed by atoms with Crippen molar-refractivity contribution in [3.8, 4) is 9.88 Å². The largest absolute Gasteiger partial charge is 0.461 e. The highest BCUT2D eigenvalue weighted by Crippen LogP contribution is 2.28. The number of Topliss-reactive ketones (excluding diaryl/α,β-unsaturated/α-hetero) is 1. The van der Waals surface area contributed by atoms with Gasteiger partial charge in [0, 0.05) is 16.6 Å². The second-order valence-corrected chi connectivity index (χ2v) is 8.03. The van der Waals surface area contributed by atoms with Crippen molar-refractivity contribution < 1.29 is 23.9 Å². The van der Waals surface area contributed by atoms with Gasteiger partial charge in [-0.2, -0.15) is 0 Å². The third-order valence-electron chi connectivity index (χ3n) is 4.17. The molecule has 0 atom stereocenters. The fraction of sp³-hybridized carbons (Fsp3) is 0.300. The average Bonchev–Trinajstić information content (AvgIpc) is 3.40. The van der Waals surface area contributed by atoms with Gasteiger partial charge in [-0.3, -0.25) is 9.59 Å². The molecular weight excluding hydrogens is 412 g/mol. The molecule has 152 valence electrons. The van der Waals surface area contributed by atoms with Crippen LogP contribution in [0.2, 0.25) is 0 Å². The first kappa shape index (κ1) is 20.9. The molecule has 0 saturated heterocycles. The van der Waals surface area contributed by atoms with Crippen LogP contribution in [0.4, 0.5) is 0 Å². The molecule has 0 saturated carbocycles. The number of H-pyrrole nitrogens is 1. The van der Waals surface area contributed by atoms with E-state index < -0.39 is 18.5 Å². The maximum absolute atomic E-state index is 12.5. The van der Waals surface area contributed by atoms with E-state index in [0.29, 0.717) is 22.5 Å². The number of aromatic amines is 1. The van der Waals surface area contributed by atoms with Crippen LogP contribution < -0.4 is 0 Å². The van der Waals surface area contributed by atoms with Gasteiger partial charge in [-0.15, -0.1) is 22.7 Å². The van der Waals surface area contributed by atoms with Crippen molar-refractivity contribution in [2.45, 2.75) is 27.2 Å². The highest BCUT2D eigenvalue weighted by atomic mass is 32.1. The Morgan fingerprint density at radius 3 is 2.66 bits per heavy atom. The molecule has 3 heterocycles. The maximum Gasteiger partial charge on any atom is 0.355 e. The van der Waals surface area contributed by atoms with Crippen molar-refractivity contribution in [3.05, 3.63) is 51.1 Å². The number of aryl methyl sites for hydroxylation is 1. The number of nitrogens with zero attached hydrogens (tertiary/aromatic N) is 1. The number of ketones is 1. The zero-order chi connectivity index (χ0) is 21.0. The Kier molecular flexibility index (Phi) is 6.60. The van der Waals surface area contributed by atoms with Gasteiger partial charge >= 0.3 is 11.9 Å². The minimum Gasteiger partial charge on any atom is -0.461 e. The van der Waals surface area contributed by atoms with Crippen molar-refractivity contribution in [1.82, 2.24) is 9.97 Å². The third kappa shape index (κ3) is 4.80. The van der Waals surface area contributed by atoms with Gasteiger partial charge in [-0.05, 0) is 37.8 Å². The molecule has 1 N–H and O–H groups in total. The molecule has 3 aromatic rings. The molecule has 3 rings (SSSR count). The lowest BCUT2D eigenvalue weighted by Crippen LogP contribution is -2.17. The van der Waals surface area contributed by atoms with E-state index in [-0.39, 0.29) is 24.5 Å². The van der Waals surface area contributed by atoms with E-state index in [2.05, 4.69) is 9.97 Å². The van der Waals surface area contributed by atoms with Gasteiger partial charge in [0.1, 0.15) is 10.7 Å². The van der Waals surface area contributed by atoms with Crippen LogP contribution in [0.1, 0.15) is 44.7 Å². The van der Waals surface area contributed by atoms with Gasteiger partial charge < -0.3 is 14.5 Å². The topological polar surface area (TPSA) is 98.4 Å². The second kappa shape index (κ2) is 9.15. The van der Waals surface area contributed by atoms with Gasteiger partial charge in [-0.25, -0.2) is 9.78 Å². The number of nitrogens with one attached hydrogen (secondary N) is 1. The van der Waals surface area contributed by atoms with E-state index in [9.17, 15) is 14.4 Å². The summed E-state index contributed by atoms with van der Waals surface area (Å²) in [6.07, 6.45) is -0.00562. The van der Waals surface area contributed by atoms with E-state index in [4.69, 9.17) is 9.47 Å². The number of hydrogen-bond acceptors (Lipinski definition) is 8. The number of aromatic nitrogens is 2. The number of ether oxygens (including phenoxy) is 2. The molecule has 0 aliphatic heterocycles. The molecule has 29 heavy (non-hydrogen) atoms. The number of rotatable bonds is 8. The normalized spacial score (nSPS) is 10.7. The van der Waals surface area contributed by atoms with Gasteiger partial charge in [0.2, 0.25) is 5.78 Å². The predicted molar refractivity (Wildman–Crippen MR) is 111 cm³/mol. The van der Waals surface area contributed by atoms with Crippen molar-refractivity contribution in [2.24, 2.45) is 0 Å². The Morgan fingerprint density at radius 1 is 1.17 bits per heavy atom. The summed E-state index contributed by atoms with van der Waals surface area (Å²) in [5.74, 6) is -1.43. The first-order valence-electron chi connectivity index (χ1n) is 8.94. The SMILES string of the molecule is CCOC(=O)c1[nH]c(C)c(C(=O)COC(=O)Cc2csc(-c3cccs3)n2)c1C. The molecule has 0 spiro atoms. The smallest absolute Gasteiger partial charge is 0.355 e. The van der Waals surface area contributed by atoms with E-state index in [1.54, 1.807) is 32.1 Å². The summed E-state index contributed by atoms with van der Waals surface area (Å²) in [5.41, 5.74) is 2.21. The third-order valence-corrected chi connectivity index (χ3v) is 6.10. The molecule has 9 heteroatoms. The number of thiophene rings is 1. The van der Waals surface area contributed by atoms with Crippen LogP contribution in [0.3, 0.4) is 0 Å². The van der Waals surface area contributed by atoms with Crippen molar-refractivity contribution in [3.63, 3.8) is 0 Å². The minimum atomic E-state index is -0.530. The Morgan fingerprint density at radius 2 is 1.97 bits per heavy atom. The fourth-order valence-electron chi connectivity index (χ4n) is 2.89. The van der Waals surface area contributed by atoms with Crippen LogP contribution in [0.5, 0.6) is 0 Å². The van der Waals surface area contributed by atoms with Crippen LogP contribution in [0.15, 0.2) is 22.9 Å². The quantitative estimate of drug-likeness (QED) is 0.427. The van der Waals surface area contributed by atoms with Crippen molar-refractivity contribution >= 4 is 40.4 Å². The summed E-state index contributed by atoms with van der Waals surface area (Å²) >= 11 is 3.04. The number of carbonyl (C=O) groups excluding carboxylic acids is 3. The highest BCUT2D eigenvalue weighted by Gasteiger charge is 2.23. The monoisotopic (exact) mass is 432 g/mol. The van der Waals surface area contributed by atoms with Crippen molar-refractivity contribution in [1.29, 1.82) is 0 Å². The van der Waals surface area contributed by atoms with Crippen LogP contribution >= 0.6 is 22.7 Å². The number of carbonyl (C=O) groups is 3. The zero-order valence-corrected chi connectivity index (χ0v) is 17.9. The summed E-state index contributed by atoms with van der Waals surface area (Å²) in [4.78, 5) is 45.0. The molecule has 0 aromatic carbocycles. The van der Waals surface area contributed by atoms with Crippen molar-refractivity contribution in [2.75, 3.05) is 13.2 Å². The minimum absolute atomic E-state index is 0.00562. The standard InChI is InChI=1S/C20H20N2O5S2/c1-4-26-20(25)18-11(2)17(12(3)21-18)14(23)9-27-16(24)8-13-10-29-19(22-13)15-6-5-7-28-15/h5-7,10,21H,4,8-9H2,1-3H3. The van der Waals surface area contributed by atoms with Gasteiger partial charge in [0.15, 0.2) is 6.61 Å². The molecule has 0 amide bonds. The summed E-state index contributed by atoms with van der Waals surface area (Å²) < 4.78 is 10.1.